The molecule has 0 saturated carbocycles. The quantitative estimate of drug-likeness (QED) is 0.668. The van der Waals surface area contributed by atoms with E-state index in [1.54, 1.807) is 6.08 Å². The molecule has 22 heavy (non-hydrogen) atoms. The highest BCUT2D eigenvalue weighted by Gasteiger charge is 2.16. The van der Waals surface area contributed by atoms with Crippen LogP contribution < -0.4 is 0 Å². The van der Waals surface area contributed by atoms with Gasteiger partial charge in [-0.15, -0.1) is 5.10 Å². The predicted molar refractivity (Wildman–Crippen MR) is 86.4 cm³/mol. The Morgan fingerprint density at radius 1 is 1.18 bits per heavy atom. The molecule has 0 aliphatic rings. The average molecular weight is 301 g/mol. The standard InChI is InChI=1S/C17H23N3O2/c1-4-16-15(12-17(21-5-2)22-6-3)18-19-20(16)13-14-10-8-7-9-11-14/h4,7-11,17H,1,5-6,12-13H2,2-3H3. The molecule has 2 aromatic rings. The maximum Gasteiger partial charge on any atom is 0.163 e. The molecule has 118 valence electrons. The van der Waals surface area contributed by atoms with Crippen molar-refractivity contribution >= 4 is 6.08 Å². The topological polar surface area (TPSA) is 49.2 Å². The van der Waals surface area contributed by atoms with Crippen LogP contribution in [-0.4, -0.2) is 34.5 Å². The van der Waals surface area contributed by atoms with E-state index in [0.717, 1.165) is 11.4 Å². The van der Waals surface area contributed by atoms with Gasteiger partial charge in [-0.1, -0.05) is 42.1 Å². The van der Waals surface area contributed by atoms with E-state index in [2.05, 4.69) is 29.0 Å². The number of ether oxygens (including phenoxy) is 2. The maximum absolute atomic E-state index is 5.58. The molecule has 0 aliphatic heterocycles. The van der Waals surface area contributed by atoms with Crippen molar-refractivity contribution < 1.29 is 9.47 Å². The van der Waals surface area contributed by atoms with E-state index in [9.17, 15) is 0 Å². The van der Waals surface area contributed by atoms with Gasteiger partial charge in [0.1, 0.15) is 0 Å². The number of benzene rings is 1. The second-order valence-corrected chi connectivity index (χ2v) is 4.81. The molecular formula is C17H23N3O2. The van der Waals surface area contributed by atoms with Crippen LogP contribution in [0.1, 0.15) is 30.8 Å². The van der Waals surface area contributed by atoms with Crippen molar-refractivity contribution in [2.45, 2.75) is 33.1 Å². The van der Waals surface area contributed by atoms with Gasteiger partial charge in [0.25, 0.3) is 0 Å². The van der Waals surface area contributed by atoms with Crippen LogP contribution in [0.2, 0.25) is 0 Å². The fourth-order valence-corrected chi connectivity index (χ4v) is 2.29. The van der Waals surface area contributed by atoms with E-state index in [1.807, 2.05) is 36.7 Å². The van der Waals surface area contributed by atoms with Gasteiger partial charge in [-0.25, -0.2) is 4.68 Å². The highest BCUT2D eigenvalue weighted by atomic mass is 16.7. The Balaban J connectivity index is 2.14. The van der Waals surface area contributed by atoms with E-state index in [1.165, 1.54) is 5.56 Å². The van der Waals surface area contributed by atoms with Crippen molar-refractivity contribution in [2.75, 3.05) is 13.2 Å². The van der Waals surface area contributed by atoms with Crippen molar-refractivity contribution in [3.05, 3.63) is 53.9 Å². The summed E-state index contributed by atoms with van der Waals surface area (Å²) in [6, 6.07) is 10.2. The summed E-state index contributed by atoms with van der Waals surface area (Å²) in [6.45, 7) is 9.66. The van der Waals surface area contributed by atoms with Crippen molar-refractivity contribution in [1.29, 1.82) is 0 Å². The first kappa shape index (κ1) is 16.4. The molecular weight excluding hydrogens is 278 g/mol. The molecule has 5 nitrogen and oxygen atoms in total. The first-order chi connectivity index (χ1) is 10.8. The van der Waals surface area contributed by atoms with Crippen LogP contribution in [-0.2, 0) is 22.4 Å². The fraction of sp³-hybridized carbons (Fsp3) is 0.412. The maximum atomic E-state index is 5.58. The fourth-order valence-electron chi connectivity index (χ4n) is 2.29. The number of hydrogen-bond acceptors (Lipinski definition) is 4. The van der Waals surface area contributed by atoms with Gasteiger partial charge in [-0.05, 0) is 25.5 Å². The minimum absolute atomic E-state index is 0.296. The van der Waals surface area contributed by atoms with Gasteiger partial charge in [0, 0.05) is 19.6 Å². The van der Waals surface area contributed by atoms with Crippen LogP contribution in [0.25, 0.3) is 6.08 Å². The van der Waals surface area contributed by atoms with E-state index in [4.69, 9.17) is 9.47 Å². The molecule has 2 rings (SSSR count). The molecule has 0 amide bonds. The Kier molecular flexibility index (Phi) is 6.30. The van der Waals surface area contributed by atoms with Crippen LogP contribution in [0, 0.1) is 0 Å². The summed E-state index contributed by atoms with van der Waals surface area (Å²) in [6.07, 6.45) is 2.06. The van der Waals surface area contributed by atoms with E-state index in [-0.39, 0.29) is 6.29 Å². The summed E-state index contributed by atoms with van der Waals surface area (Å²) in [5, 5.41) is 8.51. The third-order valence-corrected chi connectivity index (χ3v) is 3.28. The second-order valence-electron chi connectivity index (χ2n) is 4.81. The molecule has 5 heteroatoms. The molecule has 0 radical (unpaired) electrons. The largest absolute Gasteiger partial charge is 0.353 e. The minimum Gasteiger partial charge on any atom is -0.353 e. The highest BCUT2D eigenvalue weighted by molar-refractivity contribution is 5.45. The number of hydrogen-bond donors (Lipinski definition) is 0. The normalized spacial score (nSPS) is 11.0. The third kappa shape index (κ3) is 4.26. The van der Waals surface area contributed by atoms with Gasteiger partial charge < -0.3 is 9.47 Å². The minimum atomic E-state index is -0.296. The number of rotatable bonds is 9. The summed E-state index contributed by atoms with van der Waals surface area (Å²) in [4.78, 5) is 0. The zero-order chi connectivity index (χ0) is 15.8. The number of nitrogens with zero attached hydrogens (tertiary/aromatic N) is 3. The van der Waals surface area contributed by atoms with Crippen molar-refractivity contribution in [2.24, 2.45) is 0 Å². The summed E-state index contributed by atoms with van der Waals surface area (Å²) < 4.78 is 13.0. The van der Waals surface area contributed by atoms with Crippen molar-refractivity contribution in [3.8, 4) is 0 Å². The summed E-state index contributed by atoms with van der Waals surface area (Å²) in [7, 11) is 0. The smallest absolute Gasteiger partial charge is 0.163 e. The lowest BCUT2D eigenvalue weighted by Crippen LogP contribution is -2.21. The first-order valence-electron chi connectivity index (χ1n) is 7.60. The lowest BCUT2D eigenvalue weighted by molar-refractivity contribution is -0.135. The molecule has 0 fully saturated rings. The Bertz CT molecular complexity index is 575. The van der Waals surface area contributed by atoms with Gasteiger partial charge >= 0.3 is 0 Å². The van der Waals surface area contributed by atoms with Crippen LogP contribution in [0.5, 0.6) is 0 Å². The molecule has 0 bridgehead atoms. The molecule has 0 aliphatic carbocycles. The van der Waals surface area contributed by atoms with Gasteiger partial charge in [-0.3, -0.25) is 0 Å². The van der Waals surface area contributed by atoms with Gasteiger partial charge in [0.05, 0.1) is 17.9 Å². The third-order valence-electron chi connectivity index (χ3n) is 3.28. The molecule has 0 N–H and O–H groups in total. The van der Waals surface area contributed by atoms with Crippen molar-refractivity contribution in [1.82, 2.24) is 15.0 Å². The van der Waals surface area contributed by atoms with E-state index in [0.29, 0.717) is 26.2 Å². The molecule has 1 aromatic heterocycles. The predicted octanol–water partition coefficient (Wildman–Crippen LogP) is 2.91. The highest BCUT2D eigenvalue weighted by Crippen LogP contribution is 2.14. The molecule has 0 atom stereocenters. The SMILES string of the molecule is C=Cc1c(CC(OCC)OCC)nnn1Cc1ccccc1. The number of aromatic nitrogens is 3. The molecule has 1 aromatic carbocycles. The Labute approximate surface area is 131 Å². The lowest BCUT2D eigenvalue weighted by atomic mass is 10.2. The Hall–Kier alpha value is -1.98. The van der Waals surface area contributed by atoms with E-state index >= 15 is 0 Å². The second kappa shape index (κ2) is 8.46. The molecule has 0 spiro atoms. The first-order valence-corrected chi connectivity index (χ1v) is 7.60. The zero-order valence-electron chi connectivity index (χ0n) is 13.2. The van der Waals surface area contributed by atoms with Crippen LogP contribution in [0.15, 0.2) is 36.9 Å². The van der Waals surface area contributed by atoms with E-state index < -0.39 is 0 Å². The van der Waals surface area contributed by atoms with Crippen LogP contribution in [0.4, 0.5) is 0 Å². The van der Waals surface area contributed by atoms with Crippen molar-refractivity contribution in [3.63, 3.8) is 0 Å². The monoisotopic (exact) mass is 301 g/mol. The Morgan fingerprint density at radius 2 is 1.86 bits per heavy atom. The average Bonchev–Trinajstić information content (AvgIpc) is 2.90. The van der Waals surface area contributed by atoms with Crippen LogP contribution in [0.3, 0.4) is 0 Å². The van der Waals surface area contributed by atoms with Gasteiger partial charge in [-0.2, -0.15) is 0 Å². The lowest BCUT2D eigenvalue weighted by Gasteiger charge is -2.15. The molecule has 0 unspecified atom stereocenters. The zero-order valence-corrected chi connectivity index (χ0v) is 13.2. The van der Waals surface area contributed by atoms with Gasteiger partial charge in [0.2, 0.25) is 0 Å². The van der Waals surface area contributed by atoms with Crippen LogP contribution >= 0.6 is 0 Å². The summed E-state index contributed by atoms with van der Waals surface area (Å²) in [5.41, 5.74) is 2.93. The Morgan fingerprint density at radius 3 is 2.45 bits per heavy atom. The summed E-state index contributed by atoms with van der Waals surface area (Å²) in [5.74, 6) is 0. The summed E-state index contributed by atoms with van der Waals surface area (Å²) >= 11 is 0. The molecule has 0 saturated heterocycles. The molecule has 1 heterocycles. The van der Waals surface area contributed by atoms with Gasteiger partial charge in [0.15, 0.2) is 6.29 Å².